The third-order valence-corrected chi connectivity index (χ3v) is 17.7. The molecule has 0 N–H and O–H groups in total. The average molecular weight is 1860 g/mol. The molecule has 0 unspecified atom stereocenters. The fourth-order valence-corrected chi connectivity index (χ4v) is 13.5. The number of thiophene rings is 2. The number of hydrogen-bond donors (Lipinski definition) is 0. The molecular weight excluding hydrogens is 1810 g/mol. The van der Waals surface area contributed by atoms with E-state index in [1.807, 2.05) is 48.5 Å². The molecule has 0 atom stereocenters. The van der Waals surface area contributed by atoms with E-state index in [0.29, 0.717) is 0 Å². The van der Waals surface area contributed by atoms with Gasteiger partial charge in [0.05, 0.1) is 72.2 Å². The molecule has 10 nitrogen and oxygen atoms in total. The van der Waals surface area contributed by atoms with Crippen LogP contribution in [0.25, 0.3) is 152 Å². The summed E-state index contributed by atoms with van der Waals surface area (Å²) in [5.41, 5.74) is 15.1. The molecule has 20 aromatic rings. The Kier molecular flexibility index (Phi) is 15.2. The molecule has 0 aliphatic carbocycles. The van der Waals surface area contributed by atoms with Gasteiger partial charge < -0.3 is 26.7 Å². The molecule has 4 radical (unpaired) electrons. The van der Waals surface area contributed by atoms with Crippen molar-refractivity contribution >= 4 is 174 Å². The van der Waals surface area contributed by atoms with E-state index in [-0.39, 0.29) is 80.4 Å². The SMILES string of the molecule is Cn1ccc2cc3c(cc21)nc1c2[c-]cccc2ccn31.Cn1ccc2cc3nc4c5[c-]cccc5ccn4c3cc21.[Ir].[Ir].[Ir].[Ir].[c-]1cccc2ccn3c4cc5ccsc5cc4nc3c12.[c-]1cccc2ccn3c4cc5sccc5cc4nc3c12. The van der Waals surface area contributed by atoms with E-state index in [4.69, 9.17) is 19.9 Å². The molecule has 0 fully saturated rings. The number of aromatic nitrogens is 10. The number of nitrogens with zero attached hydrogens (tertiary/aromatic N) is 10. The van der Waals surface area contributed by atoms with E-state index in [0.717, 1.165) is 88.3 Å². The quantitative estimate of drug-likeness (QED) is 0.142. The molecule has 0 bridgehead atoms. The van der Waals surface area contributed by atoms with Gasteiger partial charge in [0.15, 0.2) is 0 Å². The fraction of sp³-hybridized carbons (Fsp3) is 0.0286. The Morgan fingerprint density at radius 2 is 0.628 bits per heavy atom. The van der Waals surface area contributed by atoms with Crippen LogP contribution in [-0.2, 0) is 94.5 Å². The van der Waals surface area contributed by atoms with Crippen LogP contribution in [0.5, 0.6) is 0 Å². The van der Waals surface area contributed by atoms with E-state index >= 15 is 0 Å². The first-order valence-electron chi connectivity index (χ1n) is 26.9. The molecule has 0 aliphatic heterocycles. The minimum Gasteiger partial charge on any atom is -0.350 e. The minimum absolute atomic E-state index is 0. The van der Waals surface area contributed by atoms with Crippen molar-refractivity contribution in [3.63, 3.8) is 0 Å². The van der Waals surface area contributed by atoms with Crippen LogP contribution >= 0.6 is 22.7 Å². The van der Waals surface area contributed by atoms with Gasteiger partial charge in [-0.15, -0.1) is 163 Å². The summed E-state index contributed by atoms with van der Waals surface area (Å²) in [6.45, 7) is 0. The topological polar surface area (TPSA) is 79.1 Å². The average Bonchev–Trinajstić information content (AvgIpc) is 3.12. The maximum atomic E-state index is 4.83. The fourth-order valence-electron chi connectivity index (χ4n) is 11.9. The molecule has 12 aromatic heterocycles. The monoisotopic (exact) mass is 1860 g/mol. The Morgan fingerprint density at radius 3 is 1.08 bits per heavy atom. The van der Waals surface area contributed by atoms with Crippen molar-refractivity contribution in [1.29, 1.82) is 0 Å². The molecule has 20 rings (SSSR count). The number of fused-ring (bicyclic) bond motifs is 24. The zero-order chi connectivity index (χ0) is 54.2. The van der Waals surface area contributed by atoms with Crippen molar-refractivity contribution in [2.45, 2.75) is 0 Å². The van der Waals surface area contributed by atoms with Crippen molar-refractivity contribution in [3.05, 3.63) is 242 Å². The smallest absolute Gasteiger partial charge is 0.0795 e. The van der Waals surface area contributed by atoms with E-state index in [9.17, 15) is 0 Å². The van der Waals surface area contributed by atoms with Crippen LogP contribution in [-0.4, -0.2) is 46.7 Å². The zero-order valence-electron chi connectivity index (χ0n) is 45.4. The van der Waals surface area contributed by atoms with Gasteiger partial charge in [-0.05, 0) is 119 Å². The third kappa shape index (κ3) is 9.39. The van der Waals surface area contributed by atoms with Gasteiger partial charge in [-0.2, -0.15) is 0 Å². The van der Waals surface area contributed by atoms with Gasteiger partial charge in [-0.25, -0.2) is 0 Å². The van der Waals surface area contributed by atoms with Crippen LogP contribution in [0.4, 0.5) is 0 Å². The van der Waals surface area contributed by atoms with Crippen LogP contribution in [0, 0.1) is 24.3 Å². The molecule has 0 saturated carbocycles. The van der Waals surface area contributed by atoms with Gasteiger partial charge in [0.25, 0.3) is 0 Å². The van der Waals surface area contributed by atoms with Gasteiger partial charge >= 0.3 is 0 Å². The first-order valence-corrected chi connectivity index (χ1v) is 28.7. The van der Waals surface area contributed by atoms with Gasteiger partial charge in [0.1, 0.15) is 0 Å². The van der Waals surface area contributed by atoms with Crippen LogP contribution in [0.3, 0.4) is 0 Å². The van der Waals surface area contributed by atoms with Crippen LogP contribution in [0.1, 0.15) is 0 Å². The van der Waals surface area contributed by atoms with Gasteiger partial charge in [0, 0.05) is 133 Å². The first kappa shape index (κ1) is 57.3. The summed E-state index contributed by atoms with van der Waals surface area (Å²) in [6.07, 6.45) is 12.5. The summed E-state index contributed by atoms with van der Waals surface area (Å²) >= 11 is 3.53. The van der Waals surface area contributed by atoms with Crippen molar-refractivity contribution in [3.8, 4) is 0 Å². The van der Waals surface area contributed by atoms with Crippen molar-refractivity contribution in [2.75, 3.05) is 0 Å². The molecule has 8 aromatic carbocycles. The van der Waals surface area contributed by atoms with Crippen LogP contribution < -0.4 is 0 Å². The Morgan fingerprint density at radius 1 is 0.302 bits per heavy atom. The second kappa shape index (κ2) is 22.8. The molecule has 0 amide bonds. The van der Waals surface area contributed by atoms with Crippen molar-refractivity contribution in [1.82, 2.24) is 46.7 Å². The summed E-state index contributed by atoms with van der Waals surface area (Å²) in [5.74, 6) is 0. The predicted molar refractivity (Wildman–Crippen MR) is 340 cm³/mol. The molecular formula is C70H42Ir4N10S2-4. The molecule has 86 heavy (non-hydrogen) atoms. The third-order valence-electron chi connectivity index (χ3n) is 16.0. The Balaban J connectivity index is 0.000000105. The second-order valence-corrected chi connectivity index (χ2v) is 22.6. The van der Waals surface area contributed by atoms with Gasteiger partial charge in [-0.1, -0.05) is 24.3 Å². The van der Waals surface area contributed by atoms with Gasteiger partial charge in [-0.3, -0.25) is 19.9 Å². The number of imidazole rings is 4. The Hall–Kier alpha value is -7.80. The maximum Gasteiger partial charge on any atom is 0.0795 e. The summed E-state index contributed by atoms with van der Waals surface area (Å²) in [6, 6.07) is 72.0. The van der Waals surface area contributed by atoms with E-state index < -0.39 is 0 Å². The van der Waals surface area contributed by atoms with Crippen molar-refractivity contribution < 1.29 is 80.4 Å². The minimum atomic E-state index is 0. The largest absolute Gasteiger partial charge is 0.350 e. The Bertz CT molecular complexity index is 5760. The van der Waals surface area contributed by atoms with E-state index in [1.165, 1.54) is 63.5 Å². The first-order chi connectivity index (χ1) is 40.4. The van der Waals surface area contributed by atoms with E-state index in [1.54, 1.807) is 22.7 Å². The number of hydrogen-bond acceptors (Lipinski definition) is 6. The molecule has 0 aliphatic rings. The summed E-state index contributed by atoms with van der Waals surface area (Å²) in [4.78, 5) is 19.3. The summed E-state index contributed by atoms with van der Waals surface area (Å²) < 4.78 is 15.5. The molecule has 0 saturated heterocycles. The molecule has 12 heterocycles. The number of benzene rings is 8. The predicted octanol–water partition coefficient (Wildman–Crippen LogP) is 17.2. The standard InChI is InChI=1S/2C18H12N3.2C17H9N2S.4Ir/c1-20-8-6-13-10-17-15(11-16(13)20)19-18-14-5-3-2-4-12(14)7-9-21(17)18;1-20-8-6-13-10-15-17(11-16(13)20)21-9-7-12-4-2-3-5-14(12)18(21)19-15;1-2-4-13-11(3-1)5-7-19-15-9-12-6-8-20-16(12)10-14(15)18-17(13)19;1-2-4-13-11(3-1)5-7-19-15-10-16-12(6-8-20-16)9-14(15)18-17(13)19;;;;/h2*2-4,6-11H,1H3;2*1-3,5-10H;;;;/q4*-1;;;;. The Labute approximate surface area is 552 Å². The van der Waals surface area contributed by atoms with E-state index in [2.05, 4.69) is 234 Å². The van der Waals surface area contributed by atoms with Crippen LogP contribution in [0.2, 0.25) is 0 Å². The number of aryl methyl sites for hydroxylation is 2. The molecule has 424 valence electrons. The van der Waals surface area contributed by atoms with Crippen LogP contribution in [0.15, 0.2) is 218 Å². The molecule has 0 spiro atoms. The second-order valence-electron chi connectivity index (χ2n) is 20.7. The van der Waals surface area contributed by atoms with Crippen molar-refractivity contribution in [2.24, 2.45) is 14.1 Å². The molecule has 16 heteroatoms. The summed E-state index contributed by atoms with van der Waals surface area (Å²) in [5, 5.41) is 18.2. The number of pyridine rings is 4. The number of rotatable bonds is 0. The van der Waals surface area contributed by atoms with Gasteiger partial charge in [0.2, 0.25) is 0 Å². The zero-order valence-corrected chi connectivity index (χ0v) is 56.6. The maximum absolute atomic E-state index is 4.83. The normalized spacial score (nSPS) is 11.5. The summed E-state index contributed by atoms with van der Waals surface area (Å²) in [7, 11) is 4.13.